The normalized spacial score (nSPS) is 14.1. The van der Waals surface area contributed by atoms with Crippen LogP contribution in [0.1, 0.15) is 127 Å². The number of nitrogens with one attached hydrogen (secondary N) is 3. The van der Waals surface area contributed by atoms with Crippen LogP contribution in [-0.4, -0.2) is 229 Å². The van der Waals surface area contributed by atoms with Crippen LogP contribution in [0.3, 0.4) is 0 Å². The number of hydroxylamine groups is 2. The lowest BCUT2D eigenvalue weighted by Gasteiger charge is -2.23. The summed E-state index contributed by atoms with van der Waals surface area (Å²) >= 11 is 0. The fraction of sp³-hybridized carbons (Fsp3) is 0.571. The summed E-state index contributed by atoms with van der Waals surface area (Å²) in [5.41, 5.74) is 4.51. The first-order valence-electron chi connectivity index (χ1n) is 31.3. The molecule has 0 bridgehead atoms. The smallest absolute Gasteiger partial charge is 0.408 e. The highest BCUT2D eigenvalue weighted by atomic mass is 32.2. The quantitative estimate of drug-likeness (QED) is 0.0164. The molecule has 616 valence electrons. The van der Waals surface area contributed by atoms with Gasteiger partial charge in [-0.1, -0.05) is 29.8 Å². The second-order valence-corrected chi connectivity index (χ2v) is 36.2. The van der Waals surface area contributed by atoms with Crippen LogP contribution < -0.4 is 21.7 Å². The molecule has 39 nitrogen and oxygen atoms in total. The molecule has 1 saturated heterocycles. The number of amides is 5. The topological polar surface area (TPSA) is 576 Å². The van der Waals surface area contributed by atoms with E-state index < -0.39 is 170 Å². The first-order valence-corrected chi connectivity index (χ1v) is 41.8. The number of sulfone groups is 3. The van der Waals surface area contributed by atoms with Crippen molar-refractivity contribution in [3.05, 3.63) is 87.6 Å². The van der Waals surface area contributed by atoms with E-state index in [1.165, 1.54) is 57.8 Å². The van der Waals surface area contributed by atoms with Gasteiger partial charge in [0.2, 0.25) is 4.91 Å². The highest BCUT2D eigenvalue weighted by Crippen LogP contribution is 2.48. The molecule has 6 N–H and O–H groups in total. The molecule has 0 radical (unpaired) electrons. The molecule has 1 aromatic carbocycles. The Bertz CT molecular complexity index is 3960. The number of carbonyl (C=O) groups is 11. The minimum absolute atomic E-state index is 0.0253. The number of benzene rings is 1. The van der Waals surface area contributed by atoms with Crippen molar-refractivity contribution in [1.82, 2.24) is 21.0 Å². The van der Waals surface area contributed by atoms with Gasteiger partial charge in [0, 0.05) is 55.4 Å². The van der Waals surface area contributed by atoms with Crippen molar-refractivity contribution in [2.45, 2.75) is 174 Å². The summed E-state index contributed by atoms with van der Waals surface area (Å²) in [4.78, 5) is 129. The molecule has 1 fully saturated rings. The molecule has 0 spiro atoms. The number of esters is 4. The first-order chi connectivity index (χ1) is 48.9. The molecule has 108 heavy (non-hydrogen) atoms. The minimum atomic E-state index is -4.33. The van der Waals surface area contributed by atoms with Crippen molar-refractivity contribution in [2.75, 3.05) is 65.9 Å². The molecule has 4 atom stereocenters. The number of carbonyl (C=O) groups excluding carboxylic acids is 11. The number of hydrogen-bond acceptors (Lipinski definition) is 34. The summed E-state index contributed by atoms with van der Waals surface area (Å²) in [6.07, 6.45) is 9.03. The lowest BCUT2D eigenvalue weighted by molar-refractivity contribution is -0.199. The van der Waals surface area contributed by atoms with Gasteiger partial charge in [-0.25, -0.2) is 52.8 Å². The van der Waals surface area contributed by atoms with E-state index in [4.69, 9.17) is 38.4 Å². The number of nitrogens with two attached hydrogens (primary N) is 1. The molecular weight excluding hydrogens is 1560 g/mol. The Hall–Kier alpha value is -8.42. The maximum atomic E-state index is 12.1. The largest absolute Gasteiger partial charge is 0.742 e. The van der Waals surface area contributed by atoms with Crippen LogP contribution in [0.2, 0.25) is 0 Å². The van der Waals surface area contributed by atoms with E-state index in [0.717, 1.165) is 47.8 Å². The summed E-state index contributed by atoms with van der Waals surface area (Å²) in [7, 11) is -16.9. The third-order valence-electron chi connectivity index (χ3n) is 10.9. The van der Waals surface area contributed by atoms with Crippen LogP contribution >= 0.6 is 7.60 Å². The van der Waals surface area contributed by atoms with Gasteiger partial charge in [-0.15, -0.1) is 5.06 Å². The van der Waals surface area contributed by atoms with Gasteiger partial charge < -0.3 is 78.1 Å². The van der Waals surface area contributed by atoms with Crippen molar-refractivity contribution < 1.29 is 156 Å². The Balaban J connectivity index is -0.000000595. The third-order valence-corrected chi connectivity index (χ3v) is 18.3. The highest BCUT2D eigenvalue weighted by molar-refractivity contribution is 7.97. The van der Waals surface area contributed by atoms with E-state index in [1.54, 1.807) is 101 Å². The molecular formula is C63H100N5O34PS5. The van der Waals surface area contributed by atoms with Crippen molar-refractivity contribution in [3.63, 3.8) is 0 Å². The van der Waals surface area contributed by atoms with Crippen LogP contribution in [0, 0.1) is 13.0 Å². The number of imide groups is 1. The fourth-order valence-corrected chi connectivity index (χ4v) is 12.1. The van der Waals surface area contributed by atoms with E-state index in [0.29, 0.717) is 11.3 Å². The average Bonchev–Trinajstić information content (AvgIpc) is 1.50. The monoisotopic (exact) mass is 1660 g/mol. The Morgan fingerprint density at radius 3 is 1.33 bits per heavy atom. The van der Waals surface area contributed by atoms with Gasteiger partial charge in [0.25, 0.3) is 21.9 Å². The van der Waals surface area contributed by atoms with Crippen LogP contribution in [0.15, 0.2) is 80.8 Å². The molecule has 45 heteroatoms. The van der Waals surface area contributed by atoms with Crippen molar-refractivity contribution >= 4 is 124 Å². The van der Waals surface area contributed by atoms with E-state index in [2.05, 4.69) is 41.0 Å². The zero-order valence-electron chi connectivity index (χ0n) is 63.5. The second kappa shape index (κ2) is 49.6. The Labute approximate surface area is 630 Å². The van der Waals surface area contributed by atoms with Crippen molar-refractivity contribution in [3.8, 4) is 0 Å². The first kappa shape index (κ1) is 106. The molecule has 1 aliphatic carbocycles. The predicted octanol–water partition coefficient (Wildman–Crippen LogP) is 4.36. The van der Waals surface area contributed by atoms with Crippen LogP contribution in [0.5, 0.6) is 0 Å². The molecule has 5 amide bonds. The number of ether oxygens (including phenoxy) is 7. The highest BCUT2D eigenvalue weighted by Gasteiger charge is 2.37. The van der Waals surface area contributed by atoms with E-state index in [9.17, 15) is 104 Å². The number of nitrogens with zero attached hydrogens (tertiary/aromatic N) is 1. The Morgan fingerprint density at radius 2 is 0.991 bits per heavy atom. The average molecular weight is 1660 g/mol. The second-order valence-electron chi connectivity index (χ2n) is 24.9. The van der Waals surface area contributed by atoms with Crippen LogP contribution in [0.4, 0.5) is 14.4 Å². The standard InChI is InChI=1S/C14H20N2O8.C12H21NO6S.C10H17NO5.C7H13NO4S.C7H8O3S.C7H6O3S.C6H15O5PS/c1-14(2,3)23-13(21)15-8(7-11(19)22-4)12(20)24-16-9(17)5-6-10(16)18;1-12(2,3)19-11(15)13-9(8-10(14)18-4)6-7-20(5,16)17;1-10(2,3)16-9(14)11-7(6-12)5-8(13)15-4;1-12-7(9)5-6(8)3-4-13(2,10)11;2*1-6-2-4-7(5-3-6)11(8,9)10;1-4-10-12(7,11-5-2)6-13(3,8)9/h8H,5-7H2,1-4H3,(H,15,21);6-7,9H,8H2,1-5H3,(H,13,15);6-7H,5H2,1-4H3,(H,11,14);3-4,6H,5,8H2,1-2H3;2-5H,1H3,(H,8,9,10);2-4H,1H3;4-6H2,1-3H3/b;7-6+;;4-3+;;;/t8-;9-;7-;6-;;;/m0101.../s1. The number of alkyl carbamates (subject to hydrolysis) is 3. The van der Waals surface area contributed by atoms with Gasteiger partial charge in [0.15, 0.2) is 45.1 Å². The SMILES string of the molecule is CC1=C[C+]=C(S(=O)(=O)[O-])C=C1.CCOP(=O)(CS(C)(=O)=O)OCC.COC(=O)C[C@@H](/C=C/S(C)(=O)=O)NC(=O)OC(C)(C)C.COC(=O)C[C@@H](C=O)NC(=O)OC(C)(C)C.COC(=O)C[C@H](N)/C=C/S(C)(=O)=O.COC(=O)C[C@H](NC(=O)OC(C)(C)C)C(=O)ON1C(=O)CCC1=O.Cc1ccc(S(=O)(=O)O)cc1. The lowest BCUT2D eigenvalue weighted by atomic mass is 10.2. The number of aldehydes is 1. The minimum Gasteiger partial charge on any atom is -0.742 e. The molecule has 0 unspecified atom stereocenters. The maximum Gasteiger partial charge on any atom is 0.408 e. The van der Waals surface area contributed by atoms with Gasteiger partial charge >= 0.3 is 55.7 Å². The number of aryl methyl sites for hydroxylation is 1. The molecule has 2 aliphatic rings. The van der Waals surface area contributed by atoms with Crippen LogP contribution in [0.25, 0.3) is 0 Å². The molecule has 1 heterocycles. The third kappa shape index (κ3) is 59.6. The summed E-state index contributed by atoms with van der Waals surface area (Å²) in [5.74, 6) is -4.94. The lowest BCUT2D eigenvalue weighted by Crippen LogP contribution is -2.47. The van der Waals surface area contributed by atoms with Gasteiger partial charge in [-0.2, -0.15) is 8.42 Å². The van der Waals surface area contributed by atoms with E-state index in [1.807, 2.05) is 6.92 Å². The maximum absolute atomic E-state index is 12.1. The fourth-order valence-electron chi connectivity index (χ4n) is 6.42. The van der Waals surface area contributed by atoms with Gasteiger partial charge in [-0.3, -0.25) is 37.9 Å². The number of hydrogen-bond donors (Lipinski definition) is 5. The number of allylic oxidation sites excluding steroid dienone is 5. The van der Waals surface area contributed by atoms with E-state index >= 15 is 0 Å². The van der Waals surface area contributed by atoms with Gasteiger partial charge in [0.05, 0.1) is 108 Å². The van der Waals surface area contributed by atoms with Crippen molar-refractivity contribution in [1.29, 1.82) is 0 Å². The van der Waals surface area contributed by atoms with E-state index in [-0.39, 0.29) is 55.1 Å². The number of rotatable bonds is 26. The Kier molecular flexibility index (Phi) is 48.6. The summed E-state index contributed by atoms with van der Waals surface area (Å²) in [6.45, 7) is 22.2. The zero-order chi connectivity index (χ0) is 85.2. The van der Waals surface area contributed by atoms with Gasteiger partial charge in [0.1, 0.15) is 35.2 Å². The summed E-state index contributed by atoms with van der Waals surface area (Å²) in [5, 5.41) is 9.02. The zero-order valence-corrected chi connectivity index (χ0v) is 68.5. The van der Waals surface area contributed by atoms with Crippen LogP contribution in [-0.2, 0) is 140 Å². The summed E-state index contributed by atoms with van der Waals surface area (Å²) in [6, 6.07) is 2.13. The summed E-state index contributed by atoms with van der Waals surface area (Å²) < 4.78 is 180. The number of methoxy groups -OCH3 is 4. The van der Waals surface area contributed by atoms with Crippen molar-refractivity contribution in [2.24, 2.45) is 5.73 Å². The predicted molar refractivity (Wildman–Crippen MR) is 386 cm³/mol. The molecule has 0 aromatic heterocycles. The van der Waals surface area contributed by atoms with Gasteiger partial charge in [-0.05, 0) is 95.2 Å². The molecule has 1 aliphatic heterocycles. The Morgan fingerprint density at radius 1 is 0.611 bits per heavy atom. The molecule has 1 aromatic rings. The molecule has 3 rings (SSSR count). The molecule has 0 saturated carbocycles.